The van der Waals surface area contributed by atoms with Crippen LogP contribution in [0.3, 0.4) is 0 Å². The number of rotatable bonds is 8. The molecule has 0 saturated carbocycles. The van der Waals surface area contributed by atoms with E-state index in [1.807, 2.05) is 13.8 Å². The SMILES string of the molecule is C[C@H]1OC[C@]2(c3cc(CC(=O)c4cnc(C(F)F)cn4)ccc3F)N=C(N)SC[C@H]12.C[C@H]1OC[C@]2(c3cc(N)ccc3F)N=C(N)SC[C@H]12.O=C(O)c1cnc(C(F)F)cn1. The molecule has 0 aliphatic carbocycles. The molecule has 2 aromatic heterocycles. The van der Waals surface area contributed by atoms with Crippen molar-refractivity contribution >= 4 is 51.3 Å². The van der Waals surface area contributed by atoms with Crippen LogP contribution in [0.25, 0.3) is 0 Å². The molecular formula is C39H39F6N9O5S2. The molecule has 0 amide bonds. The fourth-order valence-corrected chi connectivity index (χ4v) is 9.57. The Morgan fingerprint density at radius 2 is 1.21 bits per heavy atom. The molecule has 61 heavy (non-hydrogen) atoms. The Bertz CT molecular complexity index is 2310. The number of alkyl halides is 4. The number of nitrogens with two attached hydrogens (primary N) is 3. The predicted molar refractivity (Wildman–Crippen MR) is 216 cm³/mol. The summed E-state index contributed by atoms with van der Waals surface area (Å²) >= 11 is 2.91. The minimum absolute atomic E-state index is 0.0320. The highest BCUT2D eigenvalue weighted by Gasteiger charge is 2.54. The van der Waals surface area contributed by atoms with Crippen LogP contribution in [-0.4, -0.2) is 84.1 Å². The van der Waals surface area contributed by atoms with E-state index in [4.69, 9.17) is 31.8 Å². The lowest BCUT2D eigenvalue weighted by molar-refractivity contribution is 0.0688. The Hall–Kier alpha value is -5.32. The number of carbonyl (C=O) groups is 2. The highest BCUT2D eigenvalue weighted by molar-refractivity contribution is 8.14. The Morgan fingerprint density at radius 3 is 1.67 bits per heavy atom. The van der Waals surface area contributed by atoms with E-state index >= 15 is 0 Å². The van der Waals surface area contributed by atoms with Crippen molar-refractivity contribution in [2.45, 2.75) is 56.4 Å². The first kappa shape index (κ1) is 45.2. The van der Waals surface area contributed by atoms with Gasteiger partial charge in [0.25, 0.3) is 12.9 Å². The van der Waals surface area contributed by atoms with Crippen molar-refractivity contribution in [2.24, 2.45) is 33.3 Å². The second kappa shape index (κ2) is 18.7. The lowest BCUT2D eigenvalue weighted by Crippen LogP contribution is -2.41. The minimum Gasteiger partial charge on any atom is -0.476 e. The number of amidine groups is 2. The maximum atomic E-state index is 14.9. The Morgan fingerprint density at radius 1 is 0.738 bits per heavy atom. The van der Waals surface area contributed by atoms with E-state index in [1.165, 1.54) is 41.7 Å². The maximum absolute atomic E-state index is 14.9. The van der Waals surface area contributed by atoms with E-state index in [0.717, 1.165) is 30.5 Å². The van der Waals surface area contributed by atoms with E-state index in [-0.39, 0.29) is 54.3 Å². The Balaban J connectivity index is 0.000000171. The van der Waals surface area contributed by atoms with Crippen molar-refractivity contribution in [3.8, 4) is 0 Å². The fraction of sp³-hybridized carbons (Fsp3) is 0.385. The Kier molecular flexibility index (Phi) is 13.9. The molecule has 22 heteroatoms. The summed E-state index contributed by atoms with van der Waals surface area (Å²) < 4.78 is 89.5. The minimum atomic E-state index is -2.76. The normalized spacial score (nSPS) is 25.3. The summed E-state index contributed by atoms with van der Waals surface area (Å²) in [5.74, 6) is -0.949. The van der Waals surface area contributed by atoms with Gasteiger partial charge in [0.15, 0.2) is 21.8 Å². The highest BCUT2D eigenvalue weighted by atomic mass is 32.2. The van der Waals surface area contributed by atoms with Crippen molar-refractivity contribution in [3.63, 3.8) is 0 Å². The maximum Gasteiger partial charge on any atom is 0.356 e. The molecule has 4 aromatic rings. The summed E-state index contributed by atoms with van der Waals surface area (Å²) in [6, 6.07) is 8.99. The number of aliphatic imine (C=N–C) groups is 2. The number of nitrogen functional groups attached to an aromatic ring is 1. The largest absolute Gasteiger partial charge is 0.476 e. The molecule has 6 atom stereocenters. The number of carboxylic acids is 1. The third-order valence-electron chi connectivity index (χ3n) is 10.5. The summed E-state index contributed by atoms with van der Waals surface area (Å²) in [5.41, 5.74) is 16.4. The standard InChI is InChI=1S/C20H19F3N4O2S.C13H16FN3OS.C6H4F2N2O2/c1-10-13-8-30-19(24)27-20(13,9-29-10)12-4-11(2-3-14(12)21)5-17(28)15-6-26-16(7-25-15)18(22)23;1-7-10-5-19-12(16)17-13(10,6-18-7)9-4-8(15)2-3-11(9)14;7-5(8)3-1-10-4(2-9-3)6(11)12/h2-4,6-7,10,13,18H,5,8-9H2,1H3,(H2,24,27);2-4,7,10H,5-6,15H2,1H3,(H2,16,17);1-2,5H,(H,11,12)/t10-,13-,20-;7-,10-,13-;/m11./s1. The van der Waals surface area contributed by atoms with Gasteiger partial charge in [-0.2, -0.15) is 0 Å². The number of nitrogens with zero attached hydrogens (tertiary/aromatic N) is 6. The zero-order valence-electron chi connectivity index (χ0n) is 32.4. The molecule has 14 nitrogen and oxygen atoms in total. The number of thioether (sulfide) groups is 2. The van der Waals surface area contributed by atoms with Gasteiger partial charge in [-0.25, -0.2) is 51.1 Å². The second-order valence-corrected chi connectivity index (χ2v) is 16.4. The van der Waals surface area contributed by atoms with E-state index in [0.29, 0.717) is 45.1 Å². The van der Waals surface area contributed by atoms with Crippen LogP contribution in [-0.2, 0) is 27.0 Å². The van der Waals surface area contributed by atoms with Gasteiger partial charge in [0.2, 0.25) is 0 Å². The number of carboxylic acid groups (broad SMARTS) is 1. The number of aromatic nitrogens is 4. The van der Waals surface area contributed by atoms with Gasteiger partial charge in [-0.05, 0) is 49.7 Å². The lowest BCUT2D eigenvalue weighted by Gasteiger charge is -2.35. The van der Waals surface area contributed by atoms with Crippen molar-refractivity contribution < 1.29 is 50.5 Å². The molecular weight excluding hydrogens is 853 g/mol. The van der Waals surface area contributed by atoms with Crippen LogP contribution in [0.1, 0.15) is 75.8 Å². The first-order valence-corrected chi connectivity index (χ1v) is 20.4. The van der Waals surface area contributed by atoms with Crippen LogP contribution >= 0.6 is 23.5 Å². The molecule has 4 aliphatic rings. The number of hydrogen-bond donors (Lipinski definition) is 4. The molecule has 2 fully saturated rings. The number of halogens is 6. The van der Waals surface area contributed by atoms with Crippen LogP contribution in [0.15, 0.2) is 71.2 Å². The number of hydrogen-bond acceptors (Lipinski definition) is 15. The van der Waals surface area contributed by atoms with Crippen molar-refractivity contribution in [1.29, 1.82) is 0 Å². The van der Waals surface area contributed by atoms with Gasteiger partial charge in [0.05, 0.1) is 50.2 Å². The van der Waals surface area contributed by atoms with Crippen LogP contribution < -0.4 is 17.2 Å². The summed E-state index contributed by atoms with van der Waals surface area (Å²) in [6.07, 6.45) is -2.19. The molecule has 0 radical (unpaired) electrons. The van der Waals surface area contributed by atoms with Crippen LogP contribution in [0.2, 0.25) is 0 Å². The number of Topliss-reactive ketones (excluding diaryl/α,β-unsaturated/α-hetero) is 1. The van der Waals surface area contributed by atoms with Gasteiger partial charge in [-0.1, -0.05) is 29.6 Å². The molecule has 0 spiro atoms. The van der Waals surface area contributed by atoms with Gasteiger partial charge < -0.3 is 31.8 Å². The molecule has 4 aliphatic heterocycles. The predicted octanol–water partition coefficient (Wildman–Crippen LogP) is 6.08. The zero-order valence-corrected chi connectivity index (χ0v) is 34.0. The third-order valence-corrected chi connectivity index (χ3v) is 12.4. The second-order valence-electron chi connectivity index (χ2n) is 14.3. The van der Waals surface area contributed by atoms with Gasteiger partial charge in [0.1, 0.15) is 39.8 Å². The first-order valence-electron chi connectivity index (χ1n) is 18.4. The monoisotopic (exact) mass is 891 g/mol. The molecule has 324 valence electrons. The molecule has 0 unspecified atom stereocenters. The number of ether oxygens (including phenoxy) is 2. The molecule has 2 saturated heterocycles. The summed E-state index contributed by atoms with van der Waals surface area (Å²) in [7, 11) is 0. The molecule has 7 N–H and O–H groups in total. The van der Waals surface area contributed by atoms with Crippen LogP contribution in [0.5, 0.6) is 0 Å². The van der Waals surface area contributed by atoms with E-state index in [9.17, 15) is 35.9 Å². The number of carbonyl (C=O) groups excluding carboxylic acids is 1. The van der Waals surface area contributed by atoms with Gasteiger partial charge in [-0.15, -0.1) is 0 Å². The highest BCUT2D eigenvalue weighted by Crippen LogP contribution is 2.49. The van der Waals surface area contributed by atoms with Gasteiger partial charge in [-0.3, -0.25) is 14.8 Å². The number of benzene rings is 2. The number of ketones is 1. The average molecular weight is 892 g/mol. The van der Waals surface area contributed by atoms with Gasteiger partial charge >= 0.3 is 5.97 Å². The number of fused-ring (bicyclic) bond motifs is 2. The summed E-state index contributed by atoms with van der Waals surface area (Å²) in [4.78, 5) is 45.6. The molecule has 6 heterocycles. The van der Waals surface area contributed by atoms with Crippen molar-refractivity contribution in [1.82, 2.24) is 19.9 Å². The zero-order chi connectivity index (χ0) is 44.2. The molecule has 2 aromatic carbocycles. The first-order chi connectivity index (χ1) is 28.9. The van der Waals surface area contributed by atoms with E-state index < -0.39 is 52.9 Å². The van der Waals surface area contributed by atoms with E-state index in [2.05, 4.69) is 29.9 Å². The lowest BCUT2D eigenvalue weighted by atomic mass is 9.78. The molecule has 8 rings (SSSR count). The van der Waals surface area contributed by atoms with Crippen LogP contribution in [0, 0.1) is 23.5 Å². The van der Waals surface area contributed by atoms with Crippen molar-refractivity contribution in [3.05, 3.63) is 112 Å². The van der Waals surface area contributed by atoms with E-state index in [1.54, 1.807) is 18.2 Å². The quantitative estimate of drug-likeness (QED) is 0.0894. The smallest absolute Gasteiger partial charge is 0.356 e. The fourth-order valence-electron chi connectivity index (χ4n) is 7.32. The van der Waals surface area contributed by atoms with Crippen molar-refractivity contribution in [2.75, 3.05) is 30.5 Å². The number of aromatic carboxylic acids is 1. The summed E-state index contributed by atoms with van der Waals surface area (Å²) in [6.45, 7) is 4.47. The van der Waals surface area contributed by atoms with Gasteiger partial charge in [0, 0.05) is 46.6 Å². The Labute approximate surface area is 353 Å². The summed E-state index contributed by atoms with van der Waals surface area (Å²) in [5, 5.41) is 9.18. The molecule has 0 bridgehead atoms. The van der Waals surface area contributed by atoms with Crippen LogP contribution in [0.4, 0.5) is 32.0 Å². The topological polar surface area (TPSA) is 227 Å². The average Bonchev–Trinajstić information content (AvgIpc) is 3.75. The third kappa shape index (κ3) is 9.76. The number of anilines is 1.